The molecule has 0 unspecified atom stereocenters. The number of amides is 1. The Morgan fingerprint density at radius 3 is 2.46 bits per heavy atom. The molecule has 26 heavy (non-hydrogen) atoms. The van der Waals surface area contributed by atoms with Crippen molar-refractivity contribution in [2.75, 3.05) is 0 Å². The summed E-state index contributed by atoms with van der Waals surface area (Å²) in [4.78, 5) is 28.4. The maximum Gasteiger partial charge on any atom is 0.284 e. The first-order valence-electron chi connectivity index (χ1n) is 7.75. The molecule has 3 N–H and O–H groups in total. The van der Waals surface area contributed by atoms with E-state index in [1.165, 1.54) is 25.1 Å². The van der Waals surface area contributed by atoms with Crippen molar-refractivity contribution in [1.29, 1.82) is 0 Å². The number of nitro groups is 1. The van der Waals surface area contributed by atoms with Crippen molar-refractivity contribution in [3.63, 3.8) is 0 Å². The minimum Gasteiger partial charge on any atom is -0.391 e. The minimum atomic E-state index is -1.19. The van der Waals surface area contributed by atoms with Gasteiger partial charge in [0.15, 0.2) is 6.04 Å². The van der Waals surface area contributed by atoms with Crippen LogP contribution in [0.4, 0.5) is 5.69 Å². The molecule has 0 fully saturated rings. The highest BCUT2D eigenvalue weighted by molar-refractivity contribution is 7.97. The number of hydrogen-bond acceptors (Lipinski definition) is 7. The lowest BCUT2D eigenvalue weighted by Crippen LogP contribution is -2.47. The largest absolute Gasteiger partial charge is 0.391 e. The number of hydroxylamine groups is 1. The molecule has 2 aromatic carbocycles. The topological polar surface area (TPSA) is 119 Å². The molecule has 0 saturated heterocycles. The molecule has 0 bridgehead atoms. The Morgan fingerprint density at radius 1 is 1.27 bits per heavy atom. The number of primary amides is 1. The van der Waals surface area contributed by atoms with Gasteiger partial charge in [-0.15, -0.1) is 4.47 Å². The molecule has 2 rings (SSSR count). The lowest BCUT2D eigenvalue weighted by atomic mass is 10.2. The number of aliphatic hydroxyl groups excluding tert-OH is 1. The van der Waals surface area contributed by atoms with Crippen LogP contribution in [0.1, 0.15) is 12.5 Å². The molecule has 0 saturated carbocycles. The molecule has 8 nitrogen and oxygen atoms in total. The fraction of sp³-hybridized carbons (Fsp3) is 0.235. The second-order valence-electron chi connectivity index (χ2n) is 5.45. The molecule has 9 heteroatoms. The van der Waals surface area contributed by atoms with Gasteiger partial charge in [0.1, 0.15) is 4.90 Å². The van der Waals surface area contributed by atoms with Crippen LogP contribution in [-0.4, -0.2) is 32.6 Å². The van der Waals surface area contributed by atoms with Crippen molar-refractivity contribution in [1.82, 2.24) is 4.47 Å². The van der Waals surface area contributed by atoms with Gasteiger partial charge in [-0.1, -0.05) is 42.5 Å². The van der Waals surface area contributed by atoms with Crippen LogP contribution in [0.5, 0.6) is 0 Å². The number of rotatable bonds is 9. The Balaban J connectivity index is 2.28. The van der Waals surface area contributed by atoms with E-state index in [0.717, 1.165) is 22.0 Å². The van der Waals surface area contributed by atoms with Gasteiger partial charge in [0, 0.05) is 6.07 Å². The quantitative estimate of drug-likeness (QED) is 0.391. The number of carbonyl (C=O) groups excluding carboxylic acids is 1. The van der Waals surface area contributed by atoms with E-state index in [4.69, 9.17) is 10.6 Å². The monoisotopic (exact) mass is 377 g/mol. The third kappa shape index (κ3) is 5.27. The van der Waals surface area contributed by atoms with E-state index in [0.29, 0.717) is 0 Å². The molecule has 0 aromatic heterocycles. The van der Waals surface area contributed by atoms with Crippen LogP contribution in [0.3, 0.4) is 0 Å². The van der Waals surface area contributed by atoms with Gasteiger partial charge in [-0.3, -0.25) is 19.7 Å². The average Bonchev–Trinajstić information content (AvgIpc) is 2.60. The lowest BCUT2D eigenvalue weighted by molar-refractivity contribution is -0.387. The molecular weight excluding hydrogens is 358 g/mol. The smallest absolute Gasteiger partial charge is 0.284 e. The first-order valence-corrected chi connectivity index (χ1v) is 8.52. The van der Waals surface area contributed by atoms with Gasteiger partial charge in [-0.25, -0.2) is 0 Å². The Bertz CT molecular complexity index is 757. The maximum absolute atomic E-state index is 11.8. The fourth-order valence-corrected chi connectivity index (χ4v) is 3.24. The predicted molar refractivity (Wildman–Crippen MR) is 96.7 cm³/mol. The van der Waals surface area contributed by atoms with Crippen molar-refractivity contribution >= 4 is 23.5 Å². The van der Waals surface area contributed by atoms with Gasteiger partial charge in [0.05, 0.1) is 17.6 Å². The zero-order valence-electron chi connectivity index (χ0n) is 14.0. The summed E-state index contributed by atoms with van der Waals surface area (Å²) < 4.78 is 1.11. The third-order valence-electron chi connectivity index (χ3n) is 3.43. The molecule has 0 aliphatic carbocycles. The maximum atomic E-state index is 11.8. The number of carbonyl (C=O) groups is 1. The van der Waals surface area contributed by atoms with Gasteiger partial charge >= 0.3 is 0 Å². The van der Waals surface area contributed by atoms with Crippen molar-refractivity contribution < 1.29 is 19.7 Å². The van der Waals surface area contributed by atoms with Crippen molar-refractivity contribution in [2.24, 2.45) is 5.73 Å². The first-order chi connectivity index (χ1) is 12.4. The SMILES string of the molecule is C[C@@H](O)[C@@H](C(N)=O)N(OCc1ccccc1)Sc1ccccc1[N+](=O)[O-]. The van der Waals surface area contributed by atoms with Gasteiger partial charge < -0.3 is 10.8 Å². The van der Waals surface area contributed by atoms with Crippen LogP contribution in [-0.2, 0) is 16.2 Å². The minimum absolute atomic E-state index is 0.102. The molecule has 1 amide bonds. The number of para-hydroxylation sites is 1. The predicted octanol–water partition coefficient (Wildman–Crippen LogP) is 2.27. The summed E-state index contributed by atoms with van der Waals surface area (Å²) in [6.07, 6.45) is -1.14. The second kappa shape index (κ2) is 9.30. The summed E-state index contributed by atoms with van der Waals surface area (Å²) >= 11 is 0.836. The van der Waals surface area contributed by atoms with E-state index < -0.39 is 23.0 Å². The number of nitro benzene ring substituents is 1. The molecule has 0 aliphatic heterocycles. The van der Waals surface area contributed by atoms with E-state index in [2.05, 4.69) is 0 Å². The zero-order valence-corrected chi connectivity index (χ0v) is 14.8. The van der Waals surface area contributed by atoms with Crippen molar-refractivity contribution in [3.8, 4) is 0 Å². The molecule has 2 aromatic rings. The van der Waals surface area contributed by atoms with Gasteiger partial charge in [-0.05, 0) is 30.5 Å². The molecular formula is C17H19N3O5S. The second-order valence-corrected chi connectivity index (χ2v) is 6.43. The lowest BCUT2D eigenvalue weighted by Gasteiger charge is -2.29. The summed E-state index contributed by atoms with van der Waals surface area (Å²) in [5.41, 5.74) is 6.08. The summed E-state index contributed by atoms with van der Waals surface area (Å²) in [6.45, 7) is 1.50. The molecule has 138 valence electrons. The number of benzene rings is 2. The van der Waals surface area contributed by atoms with E-state index in [1.54, 1.807) is 6.07 Å². The Kier molecular flexibility index (Phi) is 7.10. The van der Waals surface area contributed by atoms with Crippen LogP contribution in [0, 0.1) is 10.1 Å². The third-order valence-corrected chi connectivity index (χ3v) is 4.48. The van der Waals surface area contributed by atoms with E-state index >= 15 is 0 Å². The molecule has 0 heterocycles. The number of aliphatic hydroxyl groups is 1. The summed E-state index contributed by atoms with van der Waals surface area (Å²) in [6, 6.07) is 14.0. The van der Waals surface area contributed by atoms with Crippen molar-refractivity contribution in [2.45, 2.75) is 30.6 Å². The van der Waals surface area contributed by atoms with E-state index in [9.17, 15) is 20.0 Å². The standard InChI is InChI=1S/C17H19N3O5S/c1-12(21)16(17(18)22)20(25-11-13-7-3-2-4-8-13)26-15-10-6-5-9-14(15)19(23)24/h2-10,12,16,21H,11H2,1H3,(H2,18,22)/t12-,16+/m1/s1. The van der Waals surface area contributed by atoms with Gasteiger partial charge in [-0.2, -0.15) is 0 Å². The highest BCUT2D eigenvalue weighted by Gasteiger charge is 2.32. The Labute approximate surface area is 154 Å². The van der Waals surface area contributed by atoms with E-state index in [-0.39, 0.29) is 17.2 Å². The van der Waals surface area contributed by atoms with Gasteiger partial charge in [0.25, 0.3) is 5.69 Å². The van der Waals surface area contributed by atoms with E-state index in [1.807, 2.05) is 30.3 Å². The number of nitrogens with two attached hydrogens (primary N) is 1. The molecule has 0 radical (unpaired) electrons. The summed E-state index contributed by atoms with van der Waals surface area (Å²) in [5, 5.41) is 21.1. The first kappa shape index (κ1) is 19.9. The highest BCUT2D eigenvalue weighted by atomic mass is 32.2. The van der Waals surface area contributed by atoms with Gasteiger partial charge in [0.2, 0.25) is 5.91 Å². The zero-order chi connectivity index (χ0) is 19.1. The Morgan fingerprint density at radius 2 is 1.88 bits per heavy atom. The average molecular weight is 377 g/mol. The summed E-state index contributed by atoms with van der Waals surface area (Å²) in [7, 11) is 0. The number of nitrogens with zero attached hydrogens (tertiary/aromatic N) is 2. The Hall–Kier alpha value is -2.46. The number of hydrogen-bond donors (Lipinski definition) is 2. The molecule has 0 spiro atoms. The fourth-order valence-electron chi connectivity index (χ4n) is 2.18. The molecule has 0 aliphatic rings. The van der Waals surface area contributed by atoms with Crippen LogP contribution in [0.25, 0.3) is 0 Å². The van der Waals surface area contributed by atoms with Crippen LogP contribution in [0.15, 0.2) is 59.5 Å². The molecule has 2 atom stereocenters. The van der Waals surface area contributed by atoms with Crippen LogP contribution >= 0.6 is 11.9 Å². The van der Waals surface area contributed by atoms with Crippen LogP contribution in [0.2, 0.25) is 0 Å². The van der Waals surface area contributed by atoms with Crippen molar-refractivity contribution in [3.05, 3.63) is 70.3 Å². The van der Waals surface area contributed by atoms with Crippen LogP contribution < -0.4 is 5.73 Å². The normalized spacial score (nSPS) is 13.3. The summed E-state index contributed by atoms with van der Waals surface area (Å²) in [5.74, 6) is -0.806. The highest BCUT2D eigenvalue weighted by Crippen LogP contribution is 2.33.